The summed E-state index contributed by atoms with van der Waals surface area (Å²) < 4.78 is 26.9. The third kappa shape index (κ3) is 20.8. The maximum Gasteiger partial charge on any atom is 0.131 e. The van der Waals surface area contributed by atoms with Crippen LogP contribution >= 0.6 is 0 Å². The summed E-state index contributed by atoms with van der Waals surface area (Å²) >= 11 is 0. The SMILES string of the molecule is CCCCCCCCCCOc1cc(C)c(-c2c3nc(cc4ccc([nH]4)c(-c4c(C)cc(OCCCCCCCCCC)cc4OCCCCCCCCCC)c4nc(cc5ccc2[nH]5)C=C4)C=C3)c(OCCCCCCCCCC)c1. The van der Waals surface area contributed by atoms with E-state index in [1.54, 1.807) is 0 Å². The molecule has 3 aromatic heterocycles. The van der Waals surface area contributed by atoms with Crippen LogP contribution in [0.15, 0.2) is 60.7 Å². The molecule has 0 unspecified atom stereocenters. The third-order valence-corrected chi connectivity index (χ3v) is 16.5. The highest BCUT2D eigenvalue weighted by atomic mass is 16.5. The lowest BCUT2D eigenvalue weighted by Gasteiger charge is -2.18. The monoisotopic (exact) mass is 1110 g/mol. The van der Waals surface area contributed by atoms with Gasteiger partial charge in [0.25, 0.3) is 0 Å². The Morgan fingerprint density at radius 3 is 0.951 bits per heavy atom. The number of unbranched alkanes of at least 4 members (excludes halogenated alkanes) is 28. The number of hydrogen-bond donors (Lipinski definition) is 2. The van der Waals surface area contributed by atoms with E-state index in [0.29, 0.717) is 26.4 Å². The largest absolute Gasteiger partial charge is 0.493 e. The number of aryl methyl sites for hydroxylation is 2. The number of ether oxygens (including phenoxy) is 4. The quantitative estimate of drug-likeness (QED) is 0.0370. The number of nitrogens with zero attached hydrogens (tertiary/aromatic N) is 2. The van der Waals surface area contributed by atoms with Crippen LogP contribution in [0.4, 0.5) is 0 Å². The Morgan fingerprint density at radius 2 is 0.622 bits per heavy atom. The van der Waals surface area contributed by atoms with E-state index in [0.717, 1.165) is 140 Å². The first kappa shape index (κ1) is 63.8. The van der Waals surface area contributed by atoms with Gasteiger partial charge in [-0.1, -0.05) is 207 Å². The number of aromatic amines is 2. The van der Waals surface area contributed by atoms with Gasteiger partial charge < -0.3 is 28.9 Å². The molecule has 82 heavy (non-hydrogen) atoms. The predicted molar refractivity (Wildman–Crippen MR) is 352 cm³/mol. The van der Waals surface area contributed by atoms with Crippen LogP contribution < -0.4 is 18.9 Å². The molecule has 8 nitrogen and oxygen atoms in total. The second-order valence-corrected chi connectivity index (χ2v) is 23.7. The maximum atomic E-state index is 6.90. The molecule has 0 saturated carbocycles. The zero-order valence-corrected chi connectivity index (χ0v) is 52.1. The molecule has 0 fully saturated rings. The normalized spacial score (nSPS) is 12.0. The minimum atomic E-state index is 0.649. The van der Waals surface area contributed by atoms with Crippen molar-refractivity contribution in [2.75, 3.05) is 26.4 Å². The van der Waals surface area contributed by atoms with E-state index in [1.165, 1.54) is 167 Å². The molecule has 0 radical (unpaired) electrons. The van der Waals surface area contributed by atoms with Gasteiger partial charge in [-0.25, -0.2) is 9.97 Å². The number of aromatic nitrogens is 4. The van der Waals surface area contributed by atoms with Crippen LogP contribution in [0.3, 0.4) is 0 Å². The van der Waals surface area contributed by atoms with Crippen molar-refractivity contribution in [1.82, 2.24) is 19.9 Å². The van der Waals surface area contributed by atoms with Crippen LogP contribution in [-0.4, -0.2) is 46.4 Å². The summed E-state index contributed by atoms with van der Waals surface area (Å²) in [6, 6.07) is 21.6. The summed E-state index contributed by atoms with van der Waals surface area (Å²) in [5, 5.41) is 0. The van der Waals surface area contributed by atoms with Gasteiger partial charge in [0, 0.05) is 56.5 Å². The fourth-order valence-electron chi connectivity index (χ4n) is 11.8. The second kappa shape index (κ2) is 36.7. The Kier molecular flexibility index (Phi) is 28.6. The predicted octanol–water partition coefficient (Wildman–Crippen LogP) is 22.7. The molecule has 5 heterocycles. The van der Waals surface area contributed by atoms with Crippen LogP contribution in [0.1, 0.15) is 267 Å². The molecule has 446 valence electrons. The molecule has 2 aliphatic heterocycles. The highest BCUT2D eigenvalue weighted by Crippen LogP contribution is 2.43. The van der Waals surface area contributed by atoms with Gasteiger partial charge >= 0.3 is 0 Å². The van der Waals surface area contributed by atoms with E-state index in [2.05, 4.69) is 136 Å². The molecular formula is C74H106N4O4. The zero-order chi connectivity index (χ0) is 57.4. The van der Waals surface area contributed by atoms with Crippen LogP contribution in [0.5, 0.6) is 23.0 Å². The van der Waals surface area contributed by atoms with Gasteiger partial charge in [-0.2, -0.15) is 0 Å². The Bertz CT molecular complexity index is 2690. The van der Waals surface area contributed by atoms with E-state index in [9.17, 15) is 0 Å². The van der Waals surface area contributed by atoms with E-state index < -0.39 is 0 Å². The minimum Gasteiger partial charge on any atom is -0.493 e. The van der Waals surface area contributed by atoms with Crippen LogP contribution in [0.2, 0.25) is 0 Å². The number of benzene rings is 2. The molecule has 0 amide bonds. The van der Waals surface area contributed by atoms with Gasteiger partial charge in [0.15, 0.2) is 0 Å². The van der Waals surface area contributed by atoms with Crippen molar-refractivity contribution >= 4 is 46.4 Å². The highest BCUT2D eigenvalue weighted by molar-refractivity contribution is 5.96. The Morgan fingerprint density at radius 1 is 0.317 bits per heavy atom. The number of rotatable bonds is 42. The van der Waals surface area contributed by atoms with E-state index in [1.807, 2.05) is 0 Å². The highest BCUT2D eigenvalue weighted by Gasteiger charge is 2.22. The average Bonchev–Trinajstić information content (AvgIpc) is 3.92. The molecule has 8 heteroatoms. The lowest BCUT2D eigenvalue weighted by Crippen LogP contribution is -2.03. The number of H-pyrrole nitrogens is 2. The number of fused-ring (bicyclic) bond motifs is 8. The van der Waals surface area contributed by atoms with Crippen molar-refractivity contribution in [2.45, 2.75) is 247 Å². The fourth-order valence-corrected chi connectivity index (χ4v) is 11.8. The summed E-state index contributed by atoms with van der Waals surface area (Å²) in [7, 11) is 0. The summed E-state index contributed by atoms with van der Waals surface area (Å²) in [4.78, 5) is 18.4. The summed E-state index contributed by atoms with van der Waals surface area (Å²) in [5.74, 6) is 3.40. The first-order valence-corrected chi connectivity index (χ1v) is 33.3. The first-order chi connectivity index (χ1) is 40.4. The lowest BCUT2D eigenvalue weighted by molar-refractivity contribution is 0.290. The second-order valence-electron chi connectivity index (χ2n) is 23.7. The summed E-state index contributed by atoms with van der Waals surface area (Å²) in [6.07, 6.45) is 48.8. The van der Waals surface area contributed by atoms with Gasteiger partial charge in [0.05, 0.1) is 49.2 Å². The third-order valence-electron chi connectivity index (χ3n) is 16.5. The Labute approximate surface area is 496 Å². The Hall–Kier alpha value is -5.76. The number of hydrogen-bond acceptors (Lipinski definition) is 6. The van der Waals surface area contributed by atoms with Gasteiger partial charge in [-0.15, -0.1) is 0 Å². The van der Waals surface area contributed by atoms with Crippen molar-refractivity contribution < 1.29 is 18.9 Å². The lowest BCUT2D eigenvalue weighted by atomic mass is 9.97. The summed E-state index contributed by atoms with van der Waals surface area (Å²) in [6.45, 7) is 16.2. The fraction of sp³-hybridized carbons (Fsp3) is 0.568. The molecule has 0 atom stereocenters. The standard InChI is InChI=1S/C74H106N4O4/c1-7-11-15-19-23-27-31-35-47-79-63-51-57(5)71(69(55-63)81-49-37-33-29-25-21-17-13-9-3)73-65-43-39-59(75-65)53-61-41-45-67(77-61)74(68-46-42-62(78-68)54-60-40-44-66(73)76-60)72-58(6)52-64(80-48-36-32-28-24-20-16-12-8-2)56-70(72)82-50-38-34-30-26-22-18-14-10-4/h39-46,51-56,75,78H,7-38,47-50H2,1-6H3. The van der Waals surface area contributed by atoms with E-state index in [-0.39, 0.29) is 0 Å². The van der Waals surface area contributed by atoms with Crippen molar-refractivity contribution in [1.29, 1.82) is 0 Å². The molecule has 5 aromatic rings. The molecular weight excluding hydrogens is 1010 g/mol. The van der Waals surface area contributed by atoms with Crippen molar-refractivity contribution in [3.63, 3.8) is 0 Å². The molecule has 0 aliphatic carbocycles. The molecule has 2 N–H and O–H groups in total. The molecule has 2 aromatic carbocycles. The molecule has 0 spiro atoms. The van der Waals surface area contributed by atoms with Crippen LogP contribution in [0.25, 0.3) is 68.6 Å². The van der Waals surface area contributed by atoms with Crippen LogP contribution in [-0.2, 0) is 0 Å². The van der Waals surface area contributed by atoms with E-state index in [4.69, 9.17) is 28.9 Å². The van der Waals surface area contributed by atoms with E-state index >= 15 is 0 Å². The van der Waals surface area contributed by atoms with Gasteiger partial charge in [0.2, 0.25) is 0 Å². The van der Waals surface area contributed by atoms with Gasteiger partial charge in [-0.05, 0) is 123 Å². The topological polar surface area (TPSA) is 94.3 Å². The van der Waals surface area contributed by atoms with Crippen molar-refractivity contribution in [2.24, 2.45) is 0 Å². The number of nitrogens with one attached hydrogen (secondary N) is 2. The first-order valence-electron chi connectivity index (χ1n) is 33.3. The minimum absolute atomic E-state index is 0.649. The molecule has 2 aliphatic rings. The summed E-state index contributed by atoms with van der Waals surface area (Å²) in [5.41, 5.74) is 13.6. The zero-order valence-electron chi connectivity index (χ0n) is 52.1. The molecule has 7 rings (SSSR count). The molecule has 0 saturated heterocycles. The van der Waals surface area contributed by atoms with Gasteiger partial charge in [0.1, 0.15) is 23.0 Å². The maximum absolute atomic E-state index is 6.90. The Balaban J connectivity index is 1.22. The van der Waals surface area contributed by atoms with Crippen molar-refractivity contribution in [3.05, 3.63) is 94.6 Å². The van der Waals surface area contributed by atoms with Crippen LogP contribution in [0, 0.1) is 13.8 Å². The molecule has 8 bridgehead atoms. The van der Waals surface area contributed by atoms with Gasteiger partial charge in [-0.3, -0.25) is 0 Å². The average molecular weight is 1120 g/mol. The smallest absolute Gasteiger partial charge is 0.131 e. The van der Waals surface area contributed by atoms with Crippen molar-refractivity contribution in [3.8, 4) is 45.3 Å².